The molecule has 2 bridgehead atoms. The van der Waals surface area contributed by atoms with Gasteiger partial charge in [0.15, 0.2) is 0 Å². The molecule has 3 rings (SSSR count). The third-order valence-electron chi connectivity index (χ3n) is 4.26. The summed E-state index contributed by atoms with van der Waals surface area (Å²) in [5, 5.41) is 0. The third-order valence-corrected chi connectivity index (χ3v) is 4.26. The molecule has 0 aromatic heterocycles. The van der Waals surface area contributed by atoms with Gasteiger partial charge in [0.25, 0.3) is 0 Å². The lowest BCUT2D eigenvalue weighted by atomic mass is 9.83. The van der Waals surface area contributed by atoms with Gasteiger partial charge in [-0.05, 0) is 5.56 Å². The second kappa shape index (κ2) is 5.54. The Morgan fingerprint density at radius 2 is 1.95 bits per heavy atom. The number of ether oxygens (including phenoxy) is 3. The molecule has 1 aromatic carbocycles. The highest BCUT2D eigenvalue weighted by atomic mass is 16.7. The standard InChI is InChI=1S/C16H20O4/c1-10-13-8-14(17)20-16(19-13)11(2)15(10)18-9-12-6-4-3-5-7-12/h3-7,10-11,13,15-16H,8-9H2,1-2H3/t10-,11+,13-,15+,16-/m0/s1. The number of hydrogen-bond donors (Lipinski definition) is 0. The average Bonchev–Trinajstić information content (AvgIpc) is 2.46. The first kappa shape index (κ1) is 13.6. The number of rotatable bonds is 3. The molecule has 0 radical (unpaired) electrons. The first-order valence-electron chi connectivity index (χ1n) is 7.15. The molecule has 2 heterocycles. The first-order valence-corrected chi connectivity index (χ1v) is 7.15. The fourth-order valence-electron chi connectivity index (χ4n) is 3.05. The van der Waals surface area contributed by atoms with Gasteiger partial charge in [-0.3, -0.25) is 4.79 Å². The van der Waals surface area contributed by atoms with Crippen LogP contribution in [0.2, 0.25) is 0 Å². The third kappa shape index (κ3) is 2.58. The zero-order valence-corrected chi connectivity index (χ0v) is 11.8. The van der Waals surface area contributed by atoms with Gasteiger partial charge < -0.3 is 14.2 Å². The normalized spacial score (nSPS) is 36.5. The molecule has 4 nitrogen and oxygen atoms in total. The van der Waals surface area contributed by atoms with Crippen LogP contribution in [0, 0.1) is 11.8 Å². The van der Waals surface area contributed by atoms with Gasteiger partial charge in [-0.1, -0.05) is 44.2 Å². The lowest BCUT2D eigenvalue weighted by Gasteiger charge is -2.46. The Bertz CT molecular complexity index is 453. The highest BCUT2D eigenvalue weighted by Crippen LogP contribution is 2.37. The number of carbonyl (C=O) groups is 1. The summed E-state index contributed by atoms with van der Waals surface area (Å²) in [5.74, 6) is 0.0819. The Morgan fingerprint density at radius 3 is 2.70 bits per heavy atom. The van der Waals surface area contributed by atoms with Crippen molar-refractivity contribution < 1.29 is 19.0 Å². The van der Waals surface area contributed by atoms with Gasteiger partial charge >= 0.3 is 5.97 Å². The topological polar surface area (TPSA) is 44.8 Å². The fourth-order valence-corrected chi connectivity index (χ4v) is 3.05. The van der Waals surface area contributed by atoms with E-state index in [1.54, 1.807) is 0 Å². The zero-order valence-electron chi connectivity index (χ0n) is 11.8. The Kier molecular flexibility index (Phi) is 3.76. The molecule has 0 N–H and O–H groups in total. The lowest BCUT2D eigenvalue weighted by molar-refractivity contribution is -0.285. The molecule has 4 heteroatoms. The number of benzene rings is 1. The molecule has 0 aliphatic carbocycles. The van der Waals surface area contributed by atoms with E-state index in [0.717, 1.165) is 5.56 Å². The van der Waals surface area contributed by atoms with Crippen LogP contribution >= 0.6 is 0 Å². The molecule has 108 valence electrons. The maximum Gasteiger partial charge on any atom is 0.310 e. The van der Waals surface area contributed by atoms with Gasteiger partial charge in [-0.2, -0.15) is 0 Å². The van der Waals surface area contributed by atoms with E-state index in [1.165, 1.54) is 0 Å². The molecule has 0 spiro atoms. The zero-order chi connectivity index (χ0) is 14.1. The second-order valence-corrected chi connectivity index (χ2v) is 5.72. The Balaban J connectivity index is 1.68. The summed E-state index contributed by atoms with van der Waals surface area (Å²) in [4.78, 5) is 11.5. The van der Waals surface area contributed by atoms with Crippen LogP contribution in [0.5, 0.6) is 0 Å². The van der Waals surface area contributed by atoms with Gasteiger partial charge in [0.05, 0.1) is 25.2 Å². The Labute approximate surface area is 119 Å². The summed E-state index contributed by atoms with van der Waals surface area (Å²) < 4.78 is 17.1. The van der Waals surface area contributed by atoms with E-state index >= 15 is 0 Å². The summed E-state index contributed by atoms with van der Waals surface area (Å²) in [6, 6.07) is 10.1. The Hall–Kier alpha value is -1.39. The van der Waals surface area contributed by atoms with E-state index in [9.17, 15) is 4.79 Å². The van der Waals surface area contributed by atoms with Crippen LogP contribution in [-0.4, -0.2) is 24.5 Å². The second-order valence-electron chi connectivity index (χ2n) is 5.72. The molecule has 2 fully saturated rings. The monoisotopic (exact) mass is 276 g/mol. The van der Waals surface area contributed by atoms with Crippen molar-refractivity contribution in [3.63, 3.8) is 0 Å². The molecule has 2 aliphatic heterocycles. The minimum atomic E-state index is -0.460. The minimum Gasteiger partial charge on any atom is -0.435 e. The van der Waals surface area contributed by atoms with Crippen molar-refractivity contribution in [2.75, 3.05) is 0 Å². The minimum absolute atomic E-state index is 0.0482. The summed E-state index contributed by atoms with van der Waals surface area (Å²) in [6.45, 7) is 4.69. The average molecular weight is 276 g/mol. The van der Waals surface area contributed by atoms with Gasteiger partial charge in [-0.25, -0.2) is 0 Å². The fraction of sp³-hybridized carbons (Fsp3) is 0.562. The summed E-state index contributed by atoms with van der Waals surface area (Å²) in [5.41, 5.74) is 1.15. The smallest absolute Gasteiger partial charge is 0.310 e. The first-order chi connectivity index (χ1) is 9.65. The van der Waals surface area contributed by atoms with Gasteiger partial charge in [0, 0.05) is 11.8 Å². The predicted molar refractivity (Wildman–Crippen MR) is 72.7 cm³/mol. The van der Waals surface area contributed by atoms with E-state index in [4.69, 9.17) is 14.2 Å². The molecule has 0 unspecified atom stereocenters. The van der Waals surface area contributed by atoms with E-state index < -0.39 is 6.29 Å². The van der Waals surface area contributed by atoms with Gasteiger partial charge in [0.1, 0.15) is 0 Å². The summed E-state index contributed by atoms with van der Waals surface area (Å²) in [6.07, 6.45) is -0.168. The van der Waals surface area contributed by atoms with Crippen LogP contribution in [0.4, 0.5) is 0 Å². The quantitative estimate of drug-likeness (QED) is 0.796. The van der Waals surface area contributed by atoms with Crippen LogP contribution in [0.15, 0.2) is 30.3 Å². The highest BCUT2D eigenvalue weighted by Gasteiger charge is 2.47. The lowest BCUT2D eigenvalue weighted by Crippen LogP contribution is -2.55. The number of fused-ring (bicyclic) bond motifs is 2. The molecule has 0 saturated carbocycles. The van der Waals surface area contributed by atoms with Crippen LogP contribution in [0.1, 0.15) is 25.8 Å². The molecule has 20 heavy (non-hydrogen) atoms. The van der Waals surface area contributed by atoms with Crippen molar-refractivity contribution in [3.05, 3.63) is 35.9 Å². The van der Waals surface area contributed by atoms with Crippen molar-refractivity contribution in [2.24, 2.45) is 11.8 Å². The SMILES string of the molecule is C[C@@H]1[C@@H](OCc2ccccc2)[C@@H](C)[C@@H]2OC(=O)C[C@@H]1O2. The van der Waals surface area contributed by atoms with Crippen molar-refractivity contribution in [2.45, 2.75) is 45.4 Å². The molecular weight excluding hydrogens is 256 g/mol. The molecule has 5 atom stereocenters. The van der Waals surface area contributed by atoms with E-state index in [0.29, 0.717) is 13.0 Å². The van der Waals surface area contributed by atoms with Crippen LogP contribution in [-0.2, 0) is 25.6 Å². The molecule has 0 amide bonds. The van der Waals surface area contributed by atoms with E-state index in [2.05, 4.69) is 19.1 Å². The van der Waals surface area contributed by atoms with Crippen molar-refractivity contribution in [1.82, 2.24) is 0 Å². The molecule has 2 aliphatic rings. The Morgan fingerprint density at radius 1 is 1.20 bits per heavy atom. The van der Waals surface area contributed by atoms with Crippen molar-refractivity contribution >= 4 is 5.97 Å². The largest absolute Gasteiger partial charge is 0.435 e. The number of carbonyl (C=O) groups excluding carboxylic acids is 1. The molecular formula is C16H20O4. The van der Waals surface area contributed by atoms with E-state index in [-0.39, 0.29) is 30.0 Å². The molecule has 1 aromatic rings. The summed E-state index contributed by atoms with van der Waals surface area (Å²) >= 11 is 0. The van der Waals surface area contributed by atoms with E-state index in [1.807, 2.05) is 25.1 Å². The van der Waals surface area contributed by atoms with Crippen LogP contribution in [0.25, 0.3) is 0 Å². The van der Waals surface area contributed by atoms with Crippen LogP contribution in [0.3, 0.4) is 0 Å². The van der Waals surface area contributed by atoms with Crippen molar-refractivity contribution in [1.29, 1.82) is 0 Å². The maximum absolute atomic E-state index is 11.5. The number of esters is 1. The number of hydrogen-bond acceptors (Lipinski definition) is 4. The summed E-state index contributed by atoms with van der Waals surface area (Å²) in [7, 11) is 0. The van der Waals surface area contributed by atoms with Crippen LogP contribution < -0.4 is 0 Å². The predicted octanol–water partition coefficient (Wildman–Crippen LogP) is 2.52. The maximum atomic E-state index is 11.5. The van der Waals surface area contributed by atoms with Crippen molar-refractivity contribution in [3.8, 4) is 0 Å². The van der Waals surface area contributed by atoms with Gasteiger partial charge in [-0.15, -0.1) is 0 Å². The molecule has 2 saturated heterocycles. The highest BCUT2D eigenvalue weighted by molar-refractivity contribution is 5.70. The van der Waals surface area contributed by atoms with Gasteiger partial charge in [0.2, 0.25) is 6.29 Å².